The Kier molecular flexibility index (Phi) is 3.56. The zero-order valence-electron chi connectivity index (χ0n) is 7.72. The second-order valence-electron chi connectivity index (χ2n) is 2.76. The van der Waals surface area contributed by atoms with Crippen molar-refractivity contribution >= 4 is 6.29 Å². The number of carbonyl (C=O) groups is 1. The highest BCUT2D eigenvalue weighted by atomic mass is 19.2. The van der Waals surface area contributed by atoms with Crippen molar-refractivity contribution in [2.24, 2.45) is 0 Å². The van der Waals surface area contributed by atoms with Crippen molar-refractivity contribution in [1.29, 1.82) is 0 Å². The Morgan fingerprint density at radius 1 is 1.36 bits per heavy atom. The van der Waals surface area contributed by atoms with Gasteiger partial charge < -0.3 is 9.53 Å². The van der Waals surface area contributed by atoms with Gasteiger partial charge in [0, 0.05) is 6.42 Å². The van der Waals surface area contributed by atoms with E-state index in [2.05, 4.69) is 4.74 Å². The van der Waals surface area contributed by atoms with Gasteiger partial charge in [0.25, 0.3) is 0 Å². The number of methoxy groups -OCH3 is 1. The van der Waals surface area contributed by atoms with Gasteiger partial charge in [0.15, 0.2) is 11.6 Å². The highest BCUT2D eigenvalue weighted by molar-refractivity contribution is 5.50. The number of hydrogen-bond donors (Lipinski definition) is 0. The molecule has 0 fully saturated rings. The van der Waals surface area contributed by atoms with E-state index in [0.717, 1.165) is 0 Å². The number of ether oxygens (including phenoxy) is 1. The van der Waals surface area contributed by atoms with Gasteiger partial charge >= 0.3 is 0 Å². The van der Waals surface area contributed by atoms with Gasteiger partial charge in [-0.25, -0.2) is 4.39 Å². The third-order valence-corrected chi connectivity index (χ3v) is 1.88. The minimum atomic E-state index is -1.00. The molecule has 14 heavy (non-hydrogen) atoms. The van der Waals surface area contributed by atoms with E-state index in [1.807, 2.05) is 0 Å². The van der Waals surface area contributed by atoms with E-state index in [0.29, 0.717) is 6.29 Å². The van der Waals surface area contributed by atoms with Crippen LogP contribution in [0.2, 0.25) is 0 Å². The average molecular weight is 200 g/mol. The molecule has 0 bridgehead atoms. The van der Waals surface area contributed by atoms with Crippen molar-refractivity contribution in [1.82, 2.24) is 0 Å². The van der Waals surface area contributed by atoms with Crippen molar-refractivity contribution in [2.45, 2.75) is 12.8 Å². The topological polar surface area (TPSA) is 26.3 Å². The number of hydrogen-bond acceptors (Lipinski definition) is 2. The van der Waals surface area contributed by atoms with Crippen LogP contribution in [0, 0.1) is 11.6 Å². The molecule has 0 saturated carbocycles. The predicted octanol–water partition coefficient (Wildman–Crippen LogP) is 2.10. The molecule has 0 aliphatic carbocycles. The Morgan fingerprint density at radius 2 is 2.07 bits per heavy atom. The summed E-state index contributed by atoms with van der Waals surface area (Å²) in [7, 11) is 1.27. The molecule has 0 radical (unpaired) electrons. The molecule has 0 N–H and O–H groups in total. The van der Waals surface area contributed by atoms with E-state index in [-0.39, 0.29) is 24.2 Å². The fourth-order valence-corrected chi connectivity index (χ4v) is 1.14. The molecule has 0 spiro atoms. The lowest BCUT2D eigenvalue weighted by atomic mass is 10.1. The van der Waals surface area contributed by atoms with Gasteiger partial charge in [-0.2, -0.15) is 4.39 Å². The summed E-state index contributed by atoms with van der Waals surface area (Å²) in [6.07, 6.45) is 1.06. The van der Waals surface area contributed by atoms with Crippen LogP contribution < -0.4 is 4.74 Å². The van der Waals surface area contributed by atoms with Crippen LogP contribution >= 0.6 is 0 Å². The number of aldehydes is 1. The minimum absolute atomic E-state index is 0.127. The van der Waals surface area contributed by atoms with Crippen molar-refractivity contribution < 1.29 is 18.3 Å². The molecular weight excluding hydrogens is 190 g/mol. The first kappa shape index (κ1) is 10.6. The van der Waals surface area contributed by atoms with E-state index in [4.69, 9.17) is 0 Å². The molecule has 0 heterocycles. The zero-order valence-corrected chi connectivity index (χ0v) is 7.72. The fraction of sp³-hybridized carbons (Fsp3) is 0.300. The first-order chi connectivity index (χ1) is 6.70. The largest absolute Gasteiger partial charge is 0.494 e. The second kappa shape index (κ2) is 4.69. The molecule has 1 aromatic rings. The molecule has 0 atom stereocenters. The summed E-state index contributed by atoms with van der Waals surface area (Å²) in [5, 5.41) is 0. The van der Waals surface area contributed by atoms with Crippen molar-refractivity contribution in [3.63, 3.8) is 0 Å². The van der Waals surface area contributed by atoms with Gasteiger partial charge in [-0.3, -0.25) is 0 Å². The summed E-state index contributed by atoms with van der Waals surface area (Å²) < 4.78 is 30.9. The Labute approximate surface area is 80.5 Å². The normalized spacial score (nSPS) is 9.93. The third-order valence-electron chi connectivity index (χ3n) is 1.88. The lowest BCUT2D eigenvalue weighted by Crippen LogP contribution is -1.98. The van der Waals surface area contributed by atoms with E-state index in [1.165, 1.54) is 19.2 Å². The summed E-state index contributed by atoms with van der Waals surface area (Å²) in [5.41, 5.74) is 0.190. The smallest absolute Gasteiger partial charge is 0.200 e. The summed E-state index contributed by atoms with van der Waals surface area (Å²) >= 11 is 0. The number of rotatable bonds is 4. The zero-order chi connectivity index (χ0) is 10.6. The van der Waals surface area contributed by atoms with E-state index in [1.54, 1.807) is 0 Å². The van der Waals surface area contributed by atoms with Crippen LogP contribution in [0.3, 0.4) is 0 Å². The summed E-state index contributed by atoms with van der Waals surface area (Å²) in [6, 6.07) is 2.76. The molecule has 2 nitrogen and oxygen atoms in total. The Hall–Kier alpha value is -1.45. The summed E-state index contributed by atoms with van der Waals surface area (Å²) in [6.45, 7) is 0. The van der Waals surface area contributed by atoms with Gasteiger partial charge in [0.2, 0.25) is 5.82 Å². The molecule has 0 amide bonds. The first-order valence-corrected chi connectivity index (χ1v) is 4.15. The lowest BCUT2D eigenvalue weighted by molar-refractivity contribution is -0.107. The molecule has 0 aromatic heterocycles. The van der Waals surface area contributed by atoms with Crippen molar-refractivity contribution in [3.05, 3.63) is 29.3 Å². The molecule has 0 aliphatic rings. The number of aryl methyl sites for hydroxylation is 1. The third kappa shape index (κ3) is 2.07. The van der Waals surface area contributed by atoms with Crippen LogP contribution in [-0.4, -0.2) is 13.4 Å². The first-order valence-electron chi connectivity index (χ1n) is 4.15. The van der Waals surface area contributed by atoms with Gasteiger partial charge in [-0.15, -0.1) is 0 Å². The molecule has 4 heteroatoms. The van der Waals surface area contributed by atoms with Crippen LogP contribution in [0.15, 0.2) is 12.1 Å². The Balaban J connectivity index is 2.98. The maximum atomic E-state index is 13.2. The molecule has 1 rings (SSSR count). The van der Waals surface area contributed by atoms with Crippen LogP contribution in [0.25, 0.3) is 0 Å². The van der Waals surface area contributed by atoms with Crippen LogP contribution in [0.1, 0.15) is 12.0 Å². The number of benzene rings is 1. The van der Waals surface area contributed by atoms with Gasteiger partial charge in [-0.1, -0.05) is 6.07 Å². The molecule has 1 aromatic carbocycles. The Morgan fingerprint density at radius 3 is 2.64 bits per heavy atom. The number of carbonyl (C=O) groups excluding carboxylic acids is 1. The fourth-order valence-electron chi connectivity index (χ4n) is 1.14. The van der Waals surface area contributed by atoms with Gasteiger partial charge in [0.1, 0.15) is 6.29 Å². The van der Waals surface area contributed by atoms with E-state index in [9.17, 15) is 13.6 Å². The average Bonchev–Trinajstić information content (AvgIpc) is 2.20. The Bertz CT molecular complexity index is 337. The molecule has 0 aliphatic heterocycles. The second-order valence-corrected chi connectivity index (χ2v) is 2.76. The maximum absolute atomic E-state index is 13.2. The SMILES string of the molecule is COc1ccc(CCC=O)c(F)c1F. The van der Waals surface area contributed by atoms with Crippen molar-refractivity contribution in [3.8, 4) is 5.75 Å². The quantitative estimate of drug-likeness (QED) is 0.696. The molecular formula is C10H10F2O2. The standard InChI is InChI=1S/C10H10F2O2/c1-14-8-5-4-7(3-2-6-13)9(11)10(8)12/h4-6H,2-3H2,1H3. The van der Waals surface area contributed by atoms with E-state index >= 15 is 0 Å². The summed E-state index contributed by atoms with van der Waals surface area (Å²) in [5.74, 6) is -2.07. The maximum Gasteiger partial charge on any atom is 0.200 e. The number of halogens is 2. The molecule has 0 saturated heterocycles. The van der Waals surface area contributed by atoms with Gasteiger partial charge in [0.05, 0.1) is 7.11 Å². The molecule has 76 valence electrons. The predicted molar refractivity (Wildman–Crippen MR) is 47.3 cm³/mol. The summed E-state index contributed by atoms with van der Waals surface area (Å²) in [4.78, 5) is 10.1. The lowest BCUT2D eigenvalue weighted by Gasteiger charge is -2.05. The minimum Gasteiger partial charge on any atom is -0.494 e. The highest BCUT2D eigenvalue weighted by Crippen LogP contribution is 2.22. The van der Waals surface area contributed by atoms with Crippen LogP contribution in [-0.2, 0) is 11.2 Å². The molecule has 0 unspecified atom stereocenters. The van der Waals surface area contributed by atoms with E-state index < -0.39 is 11.6 Å². The van der Waals surface area contributed by atoms with Gasteiger partial charge in [-0.05, 0) is 18.1 Å². The highest BCUT2D eigenvalue weighted by Gasteiger charge is 2.12. The monoisotopic (exact) mass is 200 g/mol. The van der Waals surface area contributed by atoms with Crippen LogP contribution in [0.4, 0.5) is 8.78 Å². The van der Waals surface area contributed by atoms with Crippen LogP contribution in [0.5, 0.6) is 5.75 Å². The van der Waals surface area contributed by atoms with Crippen molar-refractivity contribution in [2.75, 3.05) is 7.11 Å².